The predicted octanol–water partition coefficient (Wildman–Crippen LogP) is 1.77. The Morgan fingerprint density at radius 3 is 2.81 bits per heavy atom. The quantitative estimate of drug-likeness (QED) is 0.571. The molecule has 1 saturated heterocycles. The Hall–Kier alpha value is -2.44. The van der Waals surface area contributed by atoms with E-state index in [-0.39, 0.29) is 11.9 Å². The number of hydrogen-bond donors (Lipinski definition) is 2. The van der Waals surface area contributed by atoms with Crippen LogP contribution in [0.5, 0.6) is 11.5 Å². The van der Waals surface area contributed by atoms with Gasteiger partial charge in [-0.15, -0.1) is 0 Å². The molecule has 0 radical (unpaired) electrons. The number of amides is 1. The smallest absolute Gasteiger partial charge is 0.222 e. The van der Waals surface area contributed by atoms with E-state index in [2.05, 4.69) is 15.6 Å². The molecule has 0 bridgehead atoms. The average molecular weight is 362 g/mol. The van der Waals surface area contributed by atoms with Gasteiger partial charge in [0.15, 0.2) is 17.5 Å². The number of nitrogens with one attached hydrogen (secondary N) is 2. The third kappa shape index (κ3) is 5.54. The minimum absolute atomic E-state index is 0.201. The fourth-order valence-corrected chi connectivity index (χ4v) is 2.90. The molecule has 0 aliphatic carbocycles. The number of likely N-dealkylation sites (tertiary alicyclic amines) is 1. The predicted molar refractivity (Wildman–Crippen MR) is 103 cm³/mol. The Balaban J connectivity index is 2.04. The molecule has 7 nitrogen and oxygen atoms in total. The molecule has 0 saturated carbocycles. The number of guanidine groups is 1. The summed E-state index contributed by atoms with van der Waals surface area (Å²) in [5.74, 6) is 2.41. The summed E-state index contributed by atoms with van der Waals surface area (Å²) in [5, 5.41) is 6.70. The Morgan fingerprint density at radius 1 is 1.35 bits per heavy atom. The van der Waals surface area contributed by atoms with Crippen LogP contribution in [0.4, 0.5) is 0 Å². The normalized spacial score (nSPS) is 17.8. The summed E-state index contributed by atoms with van der Waals surface area (Å²) in [6.45, 7) is 6.57. The number of piperidine rings is 1. The second-order valence-electron chi connectivity index (χ2n) is 6.27. The van der Waals surface area contributed by atoms with Crippen LogP contribution in [0.15, 0.2) is 23.2 Å². The third-order valence-corrected chi connectivity index (χ3v) is 4.26. The Morgan fingerprint density at radius 2 is 2.15 bits per heavy atom. The van der Waals surface area contributed by atoms with Crippen LogP contribution in [0.2, 0.25) is 0 Å². The van der Waals surface area contributed by atoms with Crippen molar-refractivity contribution in [3.8, 4) is 11.5 Å². The van der Waals surface area contributed by atoms with Gasteiger partial charge in [0, 0.05) is 32.6 Å². The summed E-state index contributed by atoms with van der Waals surface area (Å²) in [6, 6.07) is 6.06. The molecule has 1 aromatic carbocycles. The Kier molecular flexibility index (Phi) is 7.56. The number of hydrogen-bond acceptors (Lipinski definition) is 4. The zero-order chi connectivity index (χ0) is 18.9. The van der Waals surface area contributed by atoms with Crippen molar-refractivity contribution >= 4 is 11.9 Å². The van der Waals surface area contributed by atoms with Crippen molar-refractivity contribution in [2.75, 3.05) is 33.9 Å². The van der Waals surface area contributed by atoms with Crippen LogP contribution in [0.3, 0.4) is 0 Å². The fourth-order valence-electron chi connectivity index (χ4n) is 2.90. The lowest BCUT2D eigenvalue weighted by Crippen LogP contribution is -2.51. The topological polar surface area (TPSA) is 75.2 Å². The summed E-state index contributed by atoms with van der Waals surface area (Å²) >= 11 is 0. The molecule has 1 atom stereocenters. The number of nitrogens with zero attached hydrogens (tertiary/aromatic N) is 2. The van der Waals surface area contributed by atoms with E-state index in [9.17, 15) is 4.79 Å². The Labute approximate surface area is 155 Å². The van der Waals surface area contributed by atoms with Crippen LogP contribution in [0.1, 0.15) is 32.3 Å². The van der Waals surface area contributed by atoms with Crippen molar-refractivity contribution in [3.63, 3.8) is 0 Å². The molecule has 0 aromatic heterocycles. The SMILES string of the molecule is CCNC(=NCc1ccc(OC)c(OCC)c1)NC1CCC(=O)N(C)C1. The van der Waals surface area contributed by atoms with E-state index in [1.165, 1.54) is 0 Å². The summed E-state index contributed by atoms with van der Waals surface area (Å²) in [5.41, 5.74) is 1.04. The zero-order valence-corrected chi connectivity index (χ0v) is 16.2. The molecule has 1 fully saturated rings. The molecule has 144 valence electrons. The first-order chi connectivity index (χ1) is 12.6. The van der Waals surface area contributed by atoms with Gasteiger partial charge in [-0.1, -0.05) is 6.07 Å². The minimum Gasteiger partial charge on any atom is -0.493 e. The van der Waals surface area contributed by atoms with E-state index in [0.29, 0.717) is 26.1 Å². The van der Waals surface area contributed by atoms with Crippen LogP contribution in [-0.4, -0.2) is 56.7 Å². The lowest BCUT2D eigenvalue weighted by molar-refractivity contribution is -0.132. The first-order valence-electron chi connectivity index (χ1n) is 9.15. The van der Waals surface area contributed by atoms with Crippen molar-refractivity contribution in [1.82, 2.24) is 15.5 Å². The van der Waals surface area contributed by atoms with Crippen molar-refractivity contribution in [2.24, 2.45) is 4.99 Å². The number of rotatable bonds is 7. The highest BCUT2D eigenvalue weighted by Crippen LogP contribution is 2.28. The molecule has 26 heavy (non-hydrogen) atoms. The lowest BCUT2D eigenvalue weighted by atomic mass is 10.1. The monoisotopic (exact) mass is 362 g/mol. The van der Waals surface area contributed by atoms with Crippen LogP contribution in [0, 0.1) is 0 Å². The van der Waals surface area contributed by atoms with Gasteiger partial charge in [0.1, 0.15) is 0 Å². The van der Waals surface area contributed by atoms with E-state index >= 15 is 0 Å². The molecular weight excluding hydrogens is 332 g/mol. The molecule has 2 rings (SSSR count). The zero-order valence-electron chi connectivity index (χ0n) is 16.2. The number of carbonyl (C=O) groups is 1. The maximum atomic E-state index is 11.6. The standard InChI is InChI=1S/C19H30N4O3/c1-5-20-19(22-15-8-10-18(24)23(3)13-15)21-12-14-7-9-16(25-4)17(11-14)26-6-2/h7,9,11,15H,5-6,8,10,12-13H2,1-4H3,(H2,20,21,22). The van der Waals surface area contributed by atoms with Gasteiger partial charge < -0.3 is 25.0 Å². The van der Waals surface area contributed by atoms with Gasteiger partial charge in [0.2, 0.25) is 5.91 Å². The maximum absolute atomic E-state index is 11.6. The summed E-state index contributed by atoms with van der Waals surface area (Å²) in [7, 11) is 3.47. The van der Waals surface area contributed by atoms with E-state index < -0.39 is 0 Å². The first-order valence-corrected chi connectivity index (χ1v) is 9.15. The summed E-state index contributed by atoms with van der Waals surface area (Å²) < 4.78 is 10.9. The van der Waals surface area contributed by atoms with E-state index in [1.807, 2.05) is 39.1 Å². The number of carbonyl (C=O) groups excluding carboxylic acids is 1. The highest BCUT2D eigenvalue weighted by Gasteiger charge is 2.23. The highest BCUT2D eigenvalue weighted by molar-refractivity contribution is 5.81. The van der Waals surface area contributed by atoms with Gasteiger partial charge in [-0.25, -0.2) is 4.99 Å². The maximum Gasteiger partial charge on any atom is 0.222 e. The lowest BCUT2D eigenvalue weighted by Gasteiger charge is -2.31. The first kappa shape index (κ1) is 19.9. The van der Waals surface area contributed by atoms with Crippen molar-refractivity contribution in [3.05, 3.63) is 23.8 Å². The van der Waals surface area contributed by atoms with Crippen LogP contribution >= 0.6 is 0 Å². The van der Waals surface area contributed by atoms with Crippen LogP contribution in [-0.2, 0) is 11.3 Å². The second-order valence-corrected chi connectivity index (χ2v) is 6.27. The largest absolute Gasteiger partial charge is 0.493 e. The van der Waals surface area contributed by atoms with Gasteiger partial charge in [-0.2, -0.15) is 0 Å². The number of benzene rings is 1. The van der Waals surface area contributed by atoms with Crippen molar-refractivity contribution in [2.45, 2.75) is 39.3 Å². The fraction of sp³-hybridized carbons (Fsp3) is 0.579. The Bertz CT molecular complexity index is 633. The summed E-state index contributed by atoms with van der Waals surface area (Å²) in [4.78, 5) is 18.1. The molecule has 0 spiro atoms. The molecule has 1 unspecified atom stereocenters. The third-order valence-electron chi connectivity index (χ3n) is 4.26. The van der Waals surface area contributed by atoms with E-state index in [0.717, 1.165) is 36.0 Å². The van der Waals surface area contributed by atoms with E-state index in [4.69, 9.17) is 9.47 Å². The minimum atomic E-state index is 0.201. The van der Waals surface area contributed by atoms with Gasteiger partial charge in [-0.05, 0) is 38.0 Å². The van der Waals surface area contributed by atoms with Gasteiger partial charge >= 0.3 is 0 Å². The molecular formula is C19H30N4O3. The number of likely N-dealkylation sites (N-methyl/N-ethyl adjacent to an activating group) is 1. The summed E-state index contributed by atoms with van der Waals surface area (Å²) in [6.07, 6.45) is 1.40. The molecule has 1 amide bonds. The van der Waals surface area contributed by atoms with Gasteiger partial charge in [0.25, 0.3) is 0 Å². The number of aliphatic imine (C=N–C) groups is 1. The average Bonchev–Trinajstić information content (AvgIpc) is 2.63. The van der Waals surface area contributed by atoms with Crippen LogP contribution < -0.4 is 20.1 Å². The number of methoxy groups -OCH3 is 1. The molecule has 2 N–H and O–H groups in total. The molecule has 7 heteroatoms. The van der Waals surface area contributed by atoms with Crippen LogP contribution in [0.25, 0.3) is 0 Å². The van der Waals surface area contributed by atoms with E-state index in [1.54, 1.807) is 12.0 Å². The number of ether oxygens (including phenoxy) is 2. The molecule has 1 aromatic rings. The molecule has 1 heterocycles. The highest BCUT2D eigenvalue weighted by atomic mass is 16.5. The second kappa shape index (κ2) is 9.89. The van der Waals surface area contributed by atoms with Crippen molar-refractivity contribution in [1.29, 1.82) is 0 Å². The van der Waals surface area contributed by atoms with Crippen molar-refractivity contribution < 1.29 is 14.3 Å². The molecule has 1 aliphatic rings. The van der Waals surface area contributed by atoms with Gasteiger partial charge in [-0.3, -0.25) is 4.79 Å². The molecule has 1 aliphatic heterocycles. The van der Waals surface area contributed by atoms with Gasteiger partial charge in [0.05, 0.1) is 20.3 Å².